The molecule has 5 aliphatic carbocycles. The summed E-state index contributed by atoms with van der Waals surface area (Å²) in [5, 5.41) is 2.56. The van der Waals surface area contributed by atoms with E-state index in [-0.39, 0.29) is 5.41 Å². The fourth-order valence-corrected chi connectivity index (χ4v) is 12.6. The predicted molar refractivity (Wildman–Crippen MR) is 238 cm³/mol. The van der Waals surface area contributed by atoms with Crippen LogP contribution in [-0.2, 0) is 10.8 Å². The molecule has 2 nitrogen and oxygen atoms in total. The molecule has 5 aliphatic rings. The van der Waals surface area contributed by atoms with Crippen molar-refractivity contribution in [1.29, 1.82) is 0 Å². The fourth-order valence-electron chi connectivity index (χ4n) is 12.6. The summed E-state index contributed by atoms with van der Waals surface area (Å²) in [7, 11) is 0. The van der Waals surface area contributed by atoms with Crippen LogP contribution < -0.4 is 4.90 Å². The predicted octanol–water partition coefficient (Wildman–Crippen LogP) is 14.7. The molecule has 13 rings (SSSR count). The second-order valence-corrected chi connectivity index (χ2v) is 18.4. The van der Waals surface area contributed by atoms with Crippen molar-refractivity contribution in [3.8, 4) is 27.9 Å². The van der Waals surface area contributed by atoms with Gasteiger partial charge in [-0.15, -0.1) is 0 Å². The minimum atomic E-state index is -0.0287. The summed E-state index contributed by atoms with van der Waals surface area (Å²) in [5.41, 5.74) is 17.1. The van der Waals surface area contributed by atoms with Gasteiger partial charge in [0, 0.05) is 38.8 Å². The Morgan fingerprint density at radius 3 is 1.74 bits per heavy atom. The SMILES string of the molecule is CC1(C)c2ccccc2-c2cc(N(c3ccc(-c4ccccc4-n4c5ccccc5c5ccccc54)cc3)c3cccc(C45CC6C[C@H](C4)C[C@H](C6)C5)c3)ccc21. The lowest BCUT2D eigenvalue weighted by Gasteiger charge is -2.57. The number of aromatic nitrogens is 1. The lowest BCUT2D eigenvalue weighted by Crippen LogP contribution is -2.48. The van der Waals surface area contributed by atoms with Gasteiger partial charge in [0.1, 0.15) is 0 Å². The highest BCUT2D eigenvalue weighted by molar-refractivity contribution is 6.09. The molecule has 4 bridgehead atoms. The topological polar surface area (TPSA) is 8.17 Å². The van der Waals surface area contributed by atoms with Gasteiger partial charge in [0.15, 0.2) is 0 Å². The minimum Gasteiger partial charge on any atom is -0.310 e. The van der Waals surface area contributed by atoms with Crippen molar-refractivity contribution in [1.82, 2.24) is 4.57 Å². The lowest BCUT2D eigenvalue weighted by atomic mass is 9.48. The van der Waals surface area contributed by atoms with Crippen molar-refractivity contribution in [2.24, 2.45) is 17.8 Å². The highest BCUT2D eigenvalue weighted by Gasteiger charge is 2.51. The summed E-state index contributed by atoms with van der Waals surface area (Å²) in [6.07, 6.45) is 8.49. The molecular formula is C55H48N2. The molecule has 0 N–H and O–H groups in total. The molecule has 7 aromatic carbocycles. The van der Waals surface area contributed by atoms with E-state index in [0.717, 1.165) is 17.8 Å². The molecule has 1 heterocycles. The second-order valence-electron chi connectivity index (χ2n) is 18.4. The summed E-state index contributed by atoms with van der Waals surface area (Å²) in [6, 6.07) is 61.8. The first-order valence-electron chi connectivity index (χ1n) is 21.3. The van der Waals surface area contributed by atoms with Crippen LogP contribution in [0.15, 0.2) is 164 Å². The Balaban J connectivity index is 0.996. The summed E-state index contributed by atoms with van der Waals surface area (Å²) in [5.74, 6) is 2.73. The molecule has 0 unspecified atom stereocenters. The van der Waals surface area contributed by atoms with Crippen molar-refractivity contribution in [3.63, 3.8) is 0 Å². The van der Waals surface area contributed by atoms with Crippen LogP contribution in [0, 0.1) is 17.8 Å². The Kier molecular flexibility index (Phi) is 7.20. The van der Waals surface area contributed by atoms with Crippen molar-refractivity contribution < 1.29 is 0 Å². The minimum absolute atomic E-state index is 0.0287. The molecule has 57 heavy (non-hydrogen) atoms. The third kappa shape index (κ3) is 5.02. The van der Waals surface area contributed by atoms with Crippen LogP contribution in [0.1, 0.15) is 69.1 Å². The Morgan fingerprint density at radius 1 is 0.474 bits per heavy atom. The van der Waals surface area contributed by atoms with E-state index in [1.165, 1.54) is 116 Å². The third-order valence-corrected chi connectivity index (χ3v) is 14.7. The smallest absolute Gasteiger partial charge is 0.0541 e. The van der Waals surface area contributed by atoms with Gasteiger partial charge >= 0.3 is 0 Å². The summed E-state index contributed by atoms with van der Waals surface area (Å²) < 4.78 is 2.44. The number of para-hydroxylation sites is 3. The van der Waals surface area contributed by atoms with Gasteiger partial charge in [0.05, 0.1) is 16.7 Å². The third-order valence-electron chi connectivity index (χ3n) is 14.7. The fraction of sp³-hybridized carbons (Fsp3) is 0.236. The number of hydrogen-bond acceptors (Lipinski definition) is 1. The lowest BCUT2D eigenvalue weighted by molar-refractivity contribution is -0.00516. The molecule has 0 atom stereocenters. The van der Waals surface area contributed by atoms with Gasteiger partial charge in [-0.2, -0.15) is 0 Å². The number of rotatable bonds is 6. The average molecular weight is 737 g/mol. The van der Waals surface area contributed by atoms with Crippen LogP contribution in [0.5, 0.6) is 0 Å². The first-order valence-corrected chi connectivity index (χ1v) is 21.3. The van der Waals surface area contributed by atoms with Crippen molar-refractivity contribution in [3.05, 3.63) is 180 Å². The maximum Gasteiger partial charge on any atom is 0.0541 e. The second kappa shape index (κ2) is 12.3. The highest BCUT2D eigenvalue weighted by Crippen LogP contribution is 2.61. The first-order chi connectivity index (χ1) is 27.9. The molecule has 4 saturated carbocycles. The van der Waals surface area contributed by atoms with Crippen LogP contribution in [0.2, 0.25) is 0 Å². The van der Waals surface area contributed by atoms with Crippen molar-refractivity contribution in [2.75, 3.05) is 4.90 Å². The first kappa shape index (κ1) is 33.3. The van der Waals surface area contributed by atoms with E-state index >= 15 is 0 Å². The largest absolute Gasteiger partial charge is 0.310 e. The normalized spacial score (nSPS) is 22.5. The summed E-state index contributed by atoms with van der Waals surface area (Å²) in [4.78, 5) is 2.53. The Morgan fingerprint density at radius 2 is 1.04 bits per heavy atom. The molecule has 0 aliphatic heterocycles. The monoisotopic (exact) mass is 736 g/mol. The summed E-state index contributed by atoms with van der Waals surface area (Å²) >= 11 is 0. The van der Waals surface area contributed by atoms with E-state index in [9.17, 15) is 0 Å². The van der Waals surface area contributed by atoms with Crippen LogP contribution in [0.25, 0.3) is 49.7 Å². The standard InChI is InChI=1S/C55H48N2/c1-54(2)49-18-7-3-15-45(49)48-32-43(26-27-50(48)54)56(42-13-11-12-40(31-42)55-33-36-28-37(34-55)30-38(29-36)35-55)41-24-22-39(23-25-41)44-14-4-8-19-51(44)57-52-20-9-5-16-46(52)47-17-6-10-21-53(47)57/h3-27,31-32,36-38H,28-30,33-35H2,1-2H3/t36-,37-,38?,55?/m1/s1. The molecule has 0 saturated heterocycles. The quantitative estimate of drug-likeness (QED) is 0.165. The van der Waals surface area contributed by atoms with Gasteiger partial charge in [-0.1, -0.05) is 123 Å². The molecule has 1 aromatic heterocycles. The molecule has 4 fully saturated rings. The van der Waals surface area contributed by atoms with E-state index < -0.39 is 0 Å². The molecule has 8 aromatic rings. The number of fused-ring (bicyclic) bond motifs is 6. The van der Waals surface area contributed by atoms with Crippen molar-refractivity contribution >= 4 is 38.9 Å². The highest BCUT2D eigenvalue weighted by atomic mass is 15.1. The zero-order valence-electron chi connectivity index (χ0n) is 33.0. The van der Waals surface area contributed by atoms with Gasteiger partial charge in [-0.3, -0.25) is 0 Å². The number of benzene rings is 7. The van der Waals surface area contributed by atoms with E-state index in [4.69, 9.17) is 0 Å². The number of nitrogens with zero attached hydrogens (tertiary/aromatic N) is 2. The molecular weight excluding hydrogens is 689 g/mol. The Bertz CT molecular complexity index is 2780. The van der Waals surface area contributed by atoms with Gasteiger partial charge in [0.25, 0.3) is 0 Å². The number of hydrogen-bond donors (Lipinski definition) is 0. The van der Waals surface area contributed by atoms with E-state index in [2.05, 4.69) is 187 Å². The van der Waals surface area contributed by atoms with E-state index in [1.54, 1.807) is 5.56 Å². The van der Waals surface area contributed by atoms with Crippen LogP contribution >= 0.6 is 0 Å². The number of anilines is 3. The Hall–Kier alpha value is -5.86. The molecule has 278 valence electrons. The average Bonchev–Trinajstić information content (AvgIpc) is 3.69. The van der Waals surface area contributed by atoms with Gasteiger partial charge in [0.2, 0.25) is 0 Å². The molecule has 0 spiro atoms. The maximum atomic E-state index is 2.57. The van der Waals surface area contributed by atoms with Crippen LogP contribution in [0.3, 0.4) is 0 Å². The maximum absolute atomic E-state index is 2.57. The molecule has 0 radical (unpaired) electrons. The molecule has 0 amide bonds. The Labute approximate surface area is 336 Å². The van der Waals surface area contributed by atoms with Gasteiger partial charge < -0.3 is 9.47 Å². The van der Waals surface area contributed by atoms with Crippen LogP contribution in [-0.4, -0.2) is 4.57 Å². The van der Waals surface area contributed by atoms with Crippen molar-refractivity contribution in [2.45, 2.75) is 63.2 Å². The zero-order chi connectivity index (χ0) is 37.9. The van der Waals surface area contributed by atoms with E-state index in [1.807, 2.05) is 0 Å². The van der Waals surface area contributed by atoms with E-state index in [0.29, 0.717) is 5.41 Å². The summed E-state index contributed by atoms with van der Waals surface area (Å²) in [6.45, 7) is 4.75. The van der Waals surface area contributed by atoms with Crippen LogP contribution in [0.4, 0.5) is 17.1 Å². The molecule has 2 heteroatoms. The van der Waals surface area contributed by atoms with Gasteiger partial charge in [-0.25, -0.2) is 0 Å². The van der Waals surface area contributed by atoms with Gasteiger partial charge in [-0.05, 0) is 150 Å². The zero-order valence-corrected chi connectivity index (χ0v) is 33.0.